The molecule has 8 nitrogen and oxygen atoms in total. The molecule has 0 radical (unpaired) electrons. The van der Waals surface area contributed by atoms with E-state index in [4.69, 9.17) is 0 Å². The van der Waals surface area contributed by atoms with Crippen molar-refractivity contribution < 1.29 is 17.8 Å². The lowest BCUT2D eigenvalue weighted by molar-refractivity contribution is -0.120. The molecule has 2 heterocycles. The van der Waals surface area contributed by atoms with Crippen molar-refractivity contribution in [2.24, 2.45) is 5.92 Å². The molecule has 1 aliphatic rings. The zero-order valence-electron chi connectivity index (χ0n) is 16.3. The normalized spacial score (nSPS) is 16.2. The highest BCUT2D eigenvalue weighted by Gasteiger charge is 2.33. The van der Waals surface area contributed by atoms with Gasteiger partial charge in [0.25, 0.3) is 0 Å². The molecule has 1 amide bonds. The van der Waals surface area contributed by atoms with Gasteiger partial charge in [0.15, 0.2) is 5.52 Å². The molecule has 2 aromatic carbocycles. The van der Waals surface area contributed by atoms with E-state index in [1.54, 1.807) is 12.1 Å². The topological polar surface area (TPSA) is 105 Å². The lowest BCUT2D eigenvalue weighted by Crippen LogP contribution is -2.41. The largest absolute Gasteiger partial charge is 0.326 e. The summed E-state index contributed by atoms with van der Waals surface area (Å²) in [6, 6.07) is 10.7. The lowest BCUT2D eigenvalue weighted by atomic mass is 9.97. The van der Waals surface area contributed by atoms with E-state index < -0.39 is 10.0 Å². The number of hydrogen-bond donors (Lipinski definition) is 1. The molecule has 29 heavy (non-hydrogen) atoms. The number of aryl methyl sites for hydroxylation is 2. The first-order chi connectivity index (χ1) is 13.9. The maximum absolute atomic E-state index is 13.1. The van der Waals surface area contributed by atoms with Crippen LogP contribution in [0.15, 0.2) is 45.9 Å². The Bertz CT molecular complexity index is 1160. The van der Waals surface area contributed by atoms with E-state index in [-0.39, 0.29) is 35.3 Å². The first kappa shape index (κ1) is 19.5. The summed E-state index contributed by atoms with van der Waals surface area (Å²) in [5.74, 6) is -0.301. The molecule has 1 saturated heterocycles. The quantitative estimate of drug-likeness (QED) is 0.704. The summed E-state index contributed by atoms with van der Waals surface area (Å²) < 4.78 is 32.2. The van der Waals surface area contributed by atoms with Gasteiger partial charge in [-0.2, -0.15) is 4.31 Å². The number of hydrogen-bond acceptors (Lipinski definition) is 6. The summed E-state index contributed by atoms with van der Waals surface area (Å²) in [5, 5.41) is 10.4. The third-order valence-electron chi connectivity index (χ3n) is 5.34. The van der Waals surface area contributed by atoms with Crippen LogP contribution in [0.1, 0.15) is 24.0 Å². The van der Waals surface area contributed by atoms with Gasteiger partial charge in [-0.05, 0) is 66.3 Å². The van der Waals surface area contributed by atoms with Crippen molar-refractivity contribution in [3.63, 3.8) is 0 Å². The van der Waals surface area contributed by atoms with E-state index in [9.17, 15) is 13.2 Å². The average molecular weight is 414 g/mol. The van der Waals surface area contributed by atoms with E-state index in [0.29, 0.717) is 18.4 Å². The van der Waals surface area contributed by atoms with Crippen LogP contribution < -0.4 is 5.32 Å². The van der Waals surface area contributed by atoms with Crippen LogP contribution in [0.3, 0.4) is 0 Å². The highest BCUT2D eigenvalue weighted by atomic mass is 32.2. The van der Waals surface area contributed by atoms with Crippen molar-refractivity contribution in [3.8, 4) is 0 Å². The summed E-state index contributed by atoms with van der Waals surface area (Å²) in [6.07, 6.45) is 0.923. The Hall–Kier alpha value is -2.78. The van der Waals surface area contributed by atoms with Gasteiger partial charge < -0.3 is 5.32 Å². The number of amides is 1. The highest BCUT2D eigenvalue weighted by Crippen LogP contribution is 2.28. The van der Waals surface area contributed by atoms with Crippen molar-refractivity contribution in [1.82, 2.24) is 14.6 Å². The molecule has 1 aliphatic heterocycles. The van der Waals surface area contributed by atoms with Crippen LogP contribution in [0.2, 0.25) is 0 Å². The Morgan fingerprint density at radius 3 is 2.66 bits per heavy atom. The fourth-order valence-electron chi connectivity index (χ4n) is 3.59. The molecule has 0 bridgehead atoms. The zero-order chi connectivity index (χ0) is 20.6. The molecule has 1 fully saturated rings. The number of benzene rings is 2. The Morgan fingerprint density at radius 2 is 1.90 bits per heavy atom. The number of anilines is 1. The second-order valence-electron chi connectivity index (χ2n) is 7.37. The maximum atomic E-state index is 13.1. The molecule has 0 saturated carbocycles. The van der Waals surface area contributed by atoms with Gasteiger partial charge in [0.2, 0.25) is 15.9 Å². The van der Waals surface area contributed by atoms with Gasteiger partial charge in [-0.3, -0.25) is 4.79 Å². The maximum Gasteiger partial charge on any atom is 0.245 e. The first-order valence-electron chi connectivity index (χ1n) is 9.46. The number of rotatable bonds is 4. The predicted molar refractivity (Wildman–Crippen MR) is 108 cm³/mol. The molecule has 0 unspecified atom stereocenters. The average Bonchev–Trinajstić information content (AvgIpc) is 3.19. The molecule has 3 aromatic rings. The Balaban J connectivity index is 1.45. The van der Waals surface area contributed by atoms with Gasteiger partial charge in [-0.1, -0.05) is 18.2 Å². The number of carbonyl (C=O) groups excluding carboxylic acids is 1. The van der Waals surface area contributed by atoms with Gasteiger partial charge in [0, 0.05) is 24.7 Å². The minimum Gasteiger partial charge on any atom is -0.326 e. The van der Waals surface area contributed by atoms with Crippen molar-refractivity contribution in [3.05, 3.63) is 47.5 Å². The smallest absolute Gasteiger partial charge is 0.245 e. The molecule has 0 aliphatic carbocycles. The van der Waals surface area contributed by atoms with E-state index in [0.717, 1.165) is 16.8 Å². The minimum atomic E-state index is -3.74. The molecule has 0 spiro atoms. The predicted octanol–water partition coefficient (Wildman–Crippen LogP) is 2.88. The minimum absolute atomic E-state index is 0.0708. The van der Waals surface area contributed by atoms with Crippen molar-refractivity contribution in [1.29, 1.82) is 0 Å². The highest BCUT2D eigenvalue weighted by molar-refractivity contribution is 7.89. The molecular formula is C20H22N4O4S. The third-order valence-corrected chi connectivity index (χ3v) is 7.27. The van der Waals surface area contributed by atoms with E-state index in [1.165, 1.54) is 10.4 Å². The van der Waals surface area contributed by atoms with Crippen LogP contribution in [-0.4, -0.2) is 42.0 Å². The Kier molecular flexibility index (Phi) is 5.10. The van der Waals surface area contributed by atoms with E-state index in [2.05, 4.69) is 20.3 Å². The first-order valence-corrected chi connectivity index (χ1v) is 10.9. The summed E-state index contributed by atoms with van der Waals surface area (Å²) in [7, 11) is -3.74. The van der Waals surface area contributed by atoms with Crippen LogP contribution in [0, 0.1) is 19.8 Å². The molecule has 1 N–H and O–H groups in total. The van der Waals surface area contributed by atoms with Crippen LogP contribution in [0.4, 0.5) is 5.69 Å². The van der Waals surface area contributed by atoms with Crippen molar-refractivity contribution in [2.75, 3.05) is 18.4 Å². The third kappa shape index (κ3) is 3.75. The molecule has 152 valence electrons. The number of fused-ring (bicyclic) bond motifs is 1. The second kappa shape index (κ2) is 7.57. The van der Waals surface area contributed by atoms with Crippen LogP contribution >= 0.6 is 0 Å². The number of sulfonamides is 1. The molecule has 1 aromatic heterocycles. The zero-order valence-corrected chi connectivity index (χ0v) is 17.1. The Morgan fingerprint density at radius 1 is 1.14 bits per heavy atom. The van der Waals surface area contributed by atoms with Gasteiger partial charge >= 0.3 is 0 Å². The summed E-state index contributed by atoms with van der Waals surface area (Å²) in [6.45, 7) is 4.47. The van der Waals surface area contributed by atoms with Gasteiger partial charge in [-0.15, -0.1) is 0 Å². The lowest BCUT2D eigenvalue weighted by Gasteiger charge is -2.30. The number of aromatic nitrogens is 2. The monoisotopic (exact) mass is 414 g/mol. The number of nitrogens with zero attached hydrogens (tertiary/aromatic N) is 3. The van der Waals surface area contributed by atoms with Crippen LogP contribution in [0.25, 0.3) is 11.0 Å². The fraction of sp³-hybridized carbons (Fsp3) is 0.350. The fourth-order valence-corrected chi connectivity index (χ4v) is 5.20. The van der Waals surface area contributed by atoms with Gasteiger partial charge in [0.1, 0.15) is 10.4 Å². The Labute approximate surface area is 168 Å². The molecular weight excluding hydrogens is 392 g/mol. The molecule has 0 atom stereocenters. The number of carbonyl (C=O) groups is 1. The van der Waals surface area contributed by atoms with Crippen molar-refractivity contribution >= 4 is 32.7 Å². The van der Waals surface area contributed by atoms with E-state index >= 15 is 0 Å². The second-order valence-corrected chi connectivity index (χ2v) is 9.28. The van der Waals surface area contributed by atoms with Gasteiger partial charge in [0.05, 0.1) is 0 Å². The summed E-state index contributed by atoms with van der Waals surface area (Å²) >= 11 is 0. The van der Waals surface area contributed by atoms with Crippen LogP contribution in [0.5, 0.6) is 0 Å². The van der Waals surface area contributed by atoms with E-state index in [1.807, 2.05) is 32.0 Å². The SMILES string of the molecule is Cc1ccc(C)c(NC(=O)C2CCN(S(=O)(=O)c3cccc4nonc34)CC2)c1. The standard InChI is InChI=1S/C20H22N4O4S/c1-13-6-7-14(2)17(12-13)21-20(25)15-8-10-24(11-9-15)29(26,27)18-5-3-4-16-19(18)23-28-22-16/h3-7,12,15H,8-11H2,1-2H3,(H,21,25). The number of piperidine rings is 1. The van der Waals surface area contributed by atoms with Crippen molar-refractivity contribution in [2.45, 2.75) is 31.6 Å². The van der Waals surface area contributed by atoms with Gasteiger partial charge in [-0.25, -0.2) is 13.0 Å². The summed E-state index contributed by atoms with van der Waals surface area (Å²) in [5.41, 5.74) is 3.49. The number of nitrogens with one attached hydrogen (secondary N) is 1. The molecule has 4 rings (SSSR count). The molecule has 9 heteroatoms. The summed E-state index contributed by atoms with van der Waals surface area (Å²) in [4.78, 5) is 12.8. The van der Waals surface area contributed by atoms with Crippen LogP contribution in [-0.2, 0) is 14.8 Å².